The molecule has 8 heteroatoms. The molecule has 0 radical (unpaired) electrons. The molecule has 0 unspecified atom stereocenters. The fraction of sp³-hybridized carbons (Fsp3) is 0.389. The highest BCUT2D eigenvalue weighted by molar-refractivity contribution is 5.94. The number of aromatic nitrogens is 2. The van der Waals surface area contributed by atoms with Crippen molar-refractivity contribution in [2.75, 3.05) is 13.1 Å². The Morgan fingerprint density at radius 3 is 2.62 bits per heavy atom. The van der Waals surface area contributed by atoms with Gasteiger partial charge in [-0.25, -0.2) is 4.98 Å². The normalized spacial score (nSPS) is 15.8. The van der Waals surface area contributed by atoms with Gasteiger partial charge < -0.3 is 9.64 Å². The van der Waals surface area contributed by atoms with Crippen LogP contribution in [0.15, 0.2) is 36.5 Å². The molecule has 26 heavy (non-hydrogen) atoms. The monoisotopic (exact) mass is 365 g/mol. The predicted molar refractivity (Wildman–Crippen MR) is 87.8 cm³/mol. The summed E-state index contributed by atoms with van der Waals surface area (Å²) in [6, 6.07) is 6.19. The Hall–Kier alpha value is -2.64. The van der Waals surface area contributed by atoms with Gasteiger partial charge in [0.25, 0.3) is 5.91 Å². The van der Waals surface area contributed by atoms with E-state index in [1.54, 1.807) is 24.1 Å². The van der Waals surface area contributed by atoms with Crippen molar-refractivity contribution in [2.24, 2.45) is 0 Å². The Morgan fingerprint density at radius 2 is 1.96 bits per heavy atom. The van der Waals surface area contributed by atoms with E-state index in [9.17, 15) is 18.0 Å². The van der Waals surface area contributed by atoms with Crippen molar-refractivity contribution in [3.05, 3.63) is 53.5 Å². The molecule has 5 nitrogen and oxygen atoms in total. The highest BCUT2D eigenvalue weighted by atomic mass is 19.4. The van der Waals surface area contributed by atoms with Gasteiger partial charge in [-0.3, -0.25) is 4.79 Å². The highest BCUT2D eigenvalue weighted by Gasteiger charge is 2.32. The number of nitrogens with zero attached hydrogens (tertiary/aromatic N) is 3. The van der Waals surface area contributed by atoms with Crippen LogP contribution >= 0.6 is 0 Å². The summed E-state index contributed by atoms with van der Waals surface area (Å²) in [4.78, 5) is 22.2. The second-order valence-corrected chi connectivity index (χ2v) is 6.13. The molecule has 2 aromatic rings. The van der Waals surface area contributed by atoms with Crippen LogP contribution in [-0.2, 0) is 6.18 Å². The van der Waals surface area contributed by atoms with E-state index in [2.05, 4.69) is 9.97 Å². The van der Waals surface area contributed by atoms with Gasteiger partial charge in [-0.15, -0.1) is 0 Å². The number of ether oxygens (including phenoxy) is 1. The summed E-state index contributed by atoms with van der Waals surface area (Å²) in [5, 5.41) is 0. The number of rotatable bonds is 3. The van der Waals surface area contributed by atoms with Crippen molar-refractivity contribution < 1.29 is 22.7 Å². The molecule has 138 valence electrons. The summed E-state index contributed by atoms with van der Waals surface area (Å²) in [7, 11) is 0. The Morgan fingerprint density at radius 1 is 1.23 bits per heavy atom. The zero-order valence-electron chi connectivity index (χ0n) is 14.2. The number of benzene rings is 1. The van der Waals surface area contributed by atoms with E-state index in [4.69, 9.17) is 4.74 Å². The molecule has 0 N–H and O–H groups in total. The van der Waals surface area contributed by atoms with Crippen LogP contribution in [0.2, 0.25) is 0 Å². The van der Waals surface area contributed by atoms with Crippen molar-refractivity contribution in [3.8, 4) is 5.88 Å². The SMILES string of the molecule is Cc1nccc(OC2CCN(C(=O)c3cccc(C(F)(F)F)c3)CC2)n1. The topological polar surface area (TPSA) is 55.3 Å². The molecule has 1 aromatic heterocycles. The van der Waals surface area contributed by atoms with Crippen LogP contribution in [0.4, 0.5) is 13.2 Å². The van der Waals surface area contributed by atoms with Gasteiger partial charge in [0.1, 0.15) is 11.9 Å². The smallest absolute Gasteiger partial charge is 0.416 e. The van der Waals surface area contributed by atoms with Gasteiger partial charge in [0.15, 0.2) is 0 Å². The number of halogens is 3. The first-order valence-electron chi connectivity index (χ1n) is 8.26. The van der Waals surface area contributed by atoms with Crippen LogP contribution in [0.25, 0.3) is 0 Å². The first-order valence-corrected chi connectivity index (χ1v) is 8.26. The quantitative estimate of drug-likeness (QED) is 0.836. The average Bonchev–Trinajstić information content (AvgIpc) is 2.61. The molecule has 3 rings (SSSR count). The lowest BCUT2D eigenvalue weighted by molar-refractivity contribution is -0.137. The number of likely N-dealkylation sites (tertiary alicyclic amines) is 1. The third kappa shape index (κ3) is 4.30. The summed E-state index contributed by atoms with van der Waals surface area (Å²) >= 11 is 0. The standard InChI is InChI=1S/C18H18F3N3O2/c1-12-22-8-5-16(23-12)26-15-6-9-24(10-7-15)17(25)13-3-2-4-14(11-13)18(19,20)21/h2-5,8,11,15H,6-7,9-10H2,1H3. The molecular weight excluding hydrogens is 347 g/mol. The van der Waals surface area contributed by atoms with E-state index >= 15 is 0 Å². The van der Waals surface area contributed by atoms with Crippen LogP contribution in [0, 0.1) is 6.92 Å². The molecule has 1 fully saturated rings. The van der Waals surface area contributed by atoms with E-state index in [1.165, 1.54) is 12.1 Å². The fourth-order valence-electron chi connectivity index (χ4n) is 2.86. The minimum Gasteiger partial charge on any atom is -0.474 e. The number of amides is 1. The average molecular weight is 365 g/mol. The lowest BCUT2D eigenvalue weighted by atomic mass is 10.0. The third-order valence-electron chi connectivity index (χ3n) is 4.20. The second kappa shape index (κ2) is 7.31. The number of alkyl halides is 3. The molecule has 0 spiro atoms. The number of carbonyl (C=O) groups is 1. The summed E-state index contributed by atoms with van der Waals surface area (Å²) < 4.78 is 44.2. The zero-order valence-corrected chi connectivity index (χ0v) is 14.2. The van der Waals surface area contributed by atoms with E-state index in [0.29, 0.717) is 37.6 Å². The predicted octanol–water partition coefficient (Wildman–Crippen LogP) is 3.49. The summed E-state index contributed by atoms with van der Waals surface area (Å²) in [6.45, 7) is 2.61. The maximum atomic E-state index is 12.8. The summed E-state index contributed by atoms with van der Waals surface area (Å²) in [5.74, 6) is 0.701. The largest absolute Gasteiger partial charge is 0.474 e. The van der Waals surface area contributed by atoms with Crippen molar-refractivity contribution in [2.45, 2.75) is 32.0 Å². The van der Waals surface area contributed by atoms with Gasteiger partial charge >= 0.3 is 6.18 Å². The van der Waals surface area contributed by atoms with Crippen LogP contribution in [-0.4, -0.2) is 40.0 Å². The maximum absolute atomic E-state index is 12.8. The minimum absolute atomic E-state index is 0.0469. The summed E-state index contributed by atoms with van der Waals surface area (Å²) in [5.41, 5.74) is -0.772. The lowest BCUT2D eigenvalue weighted by Gasteiger charge is -2.32. The Kier molecular flexibility index (Phi) is 5.11. The van der Waals surface area contributed by atoms with Crippen LogP contribution < -0.4 is 4.74 Å². The molecule has 1 amide bonds. The van der Waals surface area contributed by atoms with Gasteiger partial charge in [-0.1, -0.05) is 6.07 Å². The molecule has 1 aromatic carbocycles. The van der Waals surface area contributed by atoms with Gasteiger partial charge in [-0.05, 0) is 25.1 Å². The Bertz CT molecular complexity index is 787. The van der Waals surface area contributed by atoms with Crippen LogP contribution in [0.5, 0.6) is 5.88 Å². The van der Waals surface area contributed by atoms with E-state index < -0.39 is 17.6 Å². The van der Waals surface area contributed by atoms with Gasteiger partial charge in [0, 0.05) is 43.8 Å². The van der Waals surface area contributed by atoms with Crippen molar-refractivity contribution in [1.29, 1.82) is 0 Å². The molecule has 2 heterocycles. The Balaban J connectivity index is 1.60. The second-order valence-electron chi connectivity index (χ2n) is 6.13. The number of hydrogen-bond donors (Lipinski definition) is 0. The first kappa shape index (κ1) is 18.2. The minimum atomic E-state index is -4.47. The fourth-order valence-corrected chi connectivity index (χ4v) is 2.86. The number of carbonyl (C=O) groups excluding carboxylic acids is 1. The van der Waals surface area contributed by atoms with Crippen molar-refractivity contribution in [1.82, 2.24) is 14.9 Å². The molecule has 1 saturated heterocycles. The van der Waals surface area contributed by atoms with Gasteiger partial charge in [0.05, 0.1) is 5.56 Å². The lowest BCUT2D eigenvalue weighted by Crippen LogP contribution is -2.41. The van der Waals surface area contributed by atoms with Crippen LogP contribution in [0.1, 0.15) is 34.6 Å². The summed E-state index contributed by atoms with van der Waals surface area (Å²) in [6.07, 6.45) is -1.76. The molecule has 1 aliphatic rings. The molecule has 0 saturated carbocycles. The van der Waals surface area contributed by atoms with E-state index in [-0.39, 0.29) is 11.7 Å². The van der Waals surface area contributed by atoms with Gasteiger partial charge in [0.2, 0.25) is 5.88 Å². The van der Waals surface area contributed by atoms with Crippen molar-refractivity contribution in [3.63, 3.8) is 0 Å². The molecule has 0 atom stereocenters. The number of hydrogen-bond acceptors (Lipinski definition) is 4. The highest BCUT2D eigenvalue weighted by Crippen LogP contribution is 2.30. The molecule has 0 aliphatic carbocycles. The molecular formula is C18H18F3N3O2. The molecule has 1 aliphatic heterocycles. The number of piperidine rings is 1. The molecule has 0 bridgehead atoms. The zero-order chi connectivity index (χ0) is 18.7. The maximum Gasteiger partial charge on any atom is 0.416 e. The number of aryl methyl sites for hydroxylation is 1. The van der Waals surface area contributed by atoms with E-state index in [0.717, 1.165) is 12.1 Å². The Labute approximate surface area is 148 Å². The third-order valence-corrected chi connectivity index (χ3v) is 4.20. The van der Waals surface area contributed by atoms with Crippen molar-refractivity contribution >= 4 is 5.91 Å². The first-order chi connectivity index (χ1) is 12.3. The van der Waals surface area contributed by atoms with E-state index in [1.807, 2.05) is 0 Å². The van der Waals surface area contributed by atoms with Crippen LogP contribution in [0.3, 0.4) is 0 Å². The van der Waals surface area contributed by atoms with Gasteiger partial charge in [-0.2, -0.15) is 18.2 Å².